The number of nitrogens with one attached hydrogen (secondary N) is 2. The largest absolute Gasteiger partial charge is 0.450 e. The minimum Gasteiger partial charge on any atom is -0.450 e. The Labute approximate surface area is 219 Å². The highest BCUT2D eigenvalue weighted by molar-refractivity contribution is 5.88. The summed E-state index contributed by atoms with van der Waals surface area (Å²) in [6.45, 7) is 4.53. The smallest absolute Gasteiger partial charge is 0.407 e. The van der Waals surface area contributed by atoms with E-state index in [4.69, 9.17) is 9.47 Å². The molecule has 0 aliphatic carbocycles. The fourth-order valence-electron chi connectivity index (χ4n) is 3.73. The molecule has 0 saturated carbocycles. The van der Waals surface area contributed by atoms with Crippen molar-refractivity contribution in [1.82, 2.24) is 10.6 Å². The number of aliphatic hydroxyl groups is 1. The molecule has 0 heterocycles. The molecule has 0 fully saturated rings. The summed E-state index contributed by atoms with van der Waals surface area (Å²) in [4.78, 5) is 38.0. The molecule has 0 spiro atoms. The molecule has 0 aliphatic rings. The highest BCUT2D eigenvalue weighted by atomic mass is 16.6. The number of hydrogen-bond donors (Lipinski definition) is 3. The molecule has 2 aromatic rings. The average molecular weight is 513 g/mol. The summed E-state index contributed by atoms with van der Waals surface area (Å²) in [5.74, 6) is -0.358. The first kappa shape index (κ1) is 29.8. The van der Waals surface area contributed by atoms with Crippen molar-refractivity contribution in [3.63, 3.8) is 0 Å². The first-order chi connectivity index (χ1) is 17.9. The van der Waals surface area contributed by atoms with E-state index < -0.39 is 30.4 Å². The number of aliphatic hydroxyl groups excluding tert-OH is 1. The molecule has 0 bridgehead atoms. The lowest BCUT2D eigenvalue weighted by Crippen LogP contribution is -2.49. The quantitative estimate of drug-likeness (QED) is 0.284. The predicted molar refractivity (Wildman–Crippen MR) is 142 cm³/mol. The zero-order valence-electron chi connectivity index (χ0n) is 21.9. The van der Waals surface area contributed by atoms with E-state index in [1.807, 2.05) is 74.5 Å². The number of rotatable bonds is 16. The van der Waals surface area contributed by atoms with Gasteiger partial charge in [-0.05, 0) is 36.8 Å². The number of carbonyl (C=O) groups excluding carboxylic acids is 3. The lowest BCUT2D eigenvalue weighted by molar-refractivity contribution is -0.123. The fraction of sp³-hybridized carbons (Fsp3) is 0.483. The molecule has 3 N–H and O–H groups in total. The first-order valence-corrected chi connectivity index (χ1v) is 13.1. The van der Waals surface area contributed by atoms with Crippen LogP contribution in [-0.4, -0.2) is 54.5 Å². The molecule has 0 unspecified atom stereocenters. The predicted octanol–water partition coefficient (Wildman–Crippen LogP) is 4.58. The van der Waals surface area contributed by atoms with Crippen molar-refractivity contribution in [3.05, 3.63) is 71.8 Å². The van der Waals surface area contributed by atoms with Crippen LogP contribution in [0.3, 0.4) is 0 Å². The minimum absolute atomic E-state index is 0.255. The van der Waals surface area contributed by atoms with E-state index in [1.54, 1.807) is 0 Å². The van der Waals surface area contributed by atoms with Crippen LogP contribution < -0.4 is 10.6 Å². The van der Waals surface area contributed by atoms with Gasteiger partial charge < -0.3 is 25.2 Å². The lowest BCUT2D eigenvalue weighted by atomic mass is 9.93. The Balaban J connectivity index is 2.11. The van der Waals surface area contributed by atoms with Crippen molar-refractivity contribution in [2.75, 3.05) is 13.2 Å². The van der Waals surface area contributed by atoms with Gasteiger partial charge in [0.25, 0.3) is 0 Å². The Morgan fingerprint density at radius 2 is 1.24 bits per heavy atom. The van der Waals surface area contributed by atoms with Gasteiger partial charge in [0.05, 0.1) is 31.4 Å². The topological polar surface area (TPSA) is 114 Å². The summed E-state index contributed by atoms with van der Waals surface area (Å²) in [5.41, 5.74) is 1.76. The third-order valence-electron chi connectivity index (χ3n) is 5.90. The minimum atomic E-state index is -1.19. The summed E-state index contributed by atoms with van der Waals surface area (Å²) in [6, 6.07) is 17.1. The van der Waals surface area contributed by atoms with Crippen LogP contribution in [-0.2, 0) is 27.1 Å². The highest BCUT2D eigenvalue weighted by Crippen LogP contribution is 2.13. The Morgan fingerprint density at radius 3 is 1.76 bits per heavy atom. The number of unbranched alkanes of at least 4 members (excludes halogenated alkanes) is 2. The summed E-state index contributed by atoms with van der Waals surface area (Å²) >= 11 is 0. The summed E-state index contributed by atoms with van der Waals surface area (Å²) in [7, 11) is 0. The molecular formula is C29H40N2O6. The molecule has 8 heteroatoms. The number of ether oxygens (including phenoxy) is 2. The van der Waals surface area contributed by atoms with E-state index in [9.17, 15) is 19.5 Å². The maximum Gasteiger partial charge on any atom is 0.407 e. The Kier molecular flexibility index (Phi) is 13.8. The number of hydrogen-bond acceptors (Lipinski definition) is 6. The zero-order chi connectivity index (χ0) is 26.9. The van der Waals surface area contributed by atoms with Crippen LogP contribution in [0, 0.1) is 0 Å². The van der Waals surface area contributed by atoms with Gasteiger partial charge in [0.1, 0.15) is 0 Å². The van der Waals surface area contributed by atoms with Gasteiger partial charge in [-0.1, -0.05) is 87.4 Å². The van der Waals surface area contributed by atoms with E-state index in [0.717, 1.165) is 36.8 Å². The van der Waals surface area contributed by atoms with Crippen LogP contribution in [0.1, 0.15) is 57.1 Å². The highest BCUT2D eigenvalue weighted by Gasteiger charge is 2.29. The van der Waals surface area contributed by atoms with Crippen LogP contribution in [0.15, 0.2) is 60.7 Å². The van der Waals surface area contributed by atoms with E-state index in [2.05, 4.69) is 10.6 Å². The van der Waals surface area contributed by atoms with Crippen LogP contribution in [0.5, 0.6) is 0 Å². The van der Waals surface area contributed by atoms with Gasteiger partial charge in [-0.15, -0.1) is 0 Å². The second-order valence-electron chi connectivity index (χ2n) is 9.04. The molecule has 202 valence electrons. The summed E-state index contributed by atoms with van der Waals surface area (Å²) < 4.78 is 10.4. The second-order valence-corrected chi connectivity index (χ2v) is 9.04. The molecule has 37 heavy (non-hydrogen) atoms. The van der Waals surface area contributed by atoms with Gasteiger partial charge in [-0.2, -0.15) is 0 Å². The van der Waals surface area contributed by atoms with E-state index in [-0.39, 0.29) is 31.8 Å². The molecule has 2 aromatic carbocycles. The molecule has 3 atom stereocenters. The van der Waals surface area contributed by atoms with Crippen LogP contribution in [0.25, 0.3) is 0 Å². The van der Waals surface area contributed by atoms with Crippen molar-refractivity contribution < 1.29 is 29.0 Å². The Morgan fingerprint density at radius 1 is 0.757 bits per heavy atom. The zero-order valence-corrected chi connectivity index (χ0v) is 21.9. The molecule has 0 aromatic heterocycles. The number of carbonyl (C=O) groups is 3. The average Bonchev–Trinajstić information content (AvgIpc) is 2.89. The van der Waals surface area contributed by atoms with Crippen molar-refractivity contribution in [1.29, 1.82) is 0 Å². The van der Waals surface area contributed by atoms with Crippen LogP contribution in [0.4, 0.5) is 9.59 Å². The van der Waals surface area contributed by atoms with Gasteiger partial charge in [0.15, 0.2) is 5.78 Å². The van der Waals surface area contributed by atoms with Gasteiger partial charge in [0, 0.05) is 6.42 Å². The SMILES string of the molecule is CCCCOC(=O)N[C@@H](Cc1ccccc1)C(=O)C[C@@H](O)[C@H](Cc1ccccc1)NC(=O)OCCCC. The molecule has 0 aliphatic heterocycles. The van der Waals surface area contributed by atoms with E-state index in [0.29, 0.717) is 6.42 Å². The van der Waals surface area contributed by atoms with Crippen molar-refractivity contribution in [3.8, 4) is 0 Å². The number of benzene rings is 2. The maximum atomic E-state index is 13.3. The first-order valence-electron chi connectivity index (χ1n) is 13.1. The maximum absolute atomic E-state index is 13.3. The van der Waals surface area contributed by atoms with E-state index >= 15 is 0 Å². The number of amides is 2. The van der Waals surface area contributed by atoms with Crippen molar-refractivity contribution in [2.45, 2.75) is 77.0 Å². The van der Waals surface area contributed by atoms with Crippen molar-refractivity contribution >= 4 is 18.0 Å². The number of alkyl carbamates (subject to hydrolysis) is 2. The Bertz CT molecular complexity index is 938. The molecular weight excluding hydrogens is 472 g/mol. The monoisotopic (exact) mass is 512 g/mol. The van der Waals surface area contributed by atoms with Gasteiger partial charge in [0.2, 0.25) is 0 Å². The second kappa shape index (κ2) is 17.1. The summed E-state index contributed by atoms with van der Waals surface area (Å²) in [5, 5.41) is 16.4. The number of ketones is 1. The molecule has 0 saturated heterocycles. The molecule has 0 radical (unpaired) electrons. The van der Waals surface area contributed by atoms with E-state index in [1.165, 1.54) is 0 Å². The van der Waals surface area contributed by atoms with Crippen LogP contribution >= 0.6 is 0 Å². The third kappa shape index (κ3) is 11.9. The standard InChI is InChI=1S/C29H40N2O6/c1-3-5-17-36-28(34)30-24(19-22-13-9-7-10-14-22)26(32)21-27(33)25(20-23-15-11-8-12-16-23)31-29(35)37-18-6-4-2/h7-16,24-26,32H,3-6,17-21H2,1-2H3,(H,30,34)(H,31,35)/t24-,25-,26+/m0/s1. The lowest BCUT2D eigenvalue weighted by Gasteiger charge is -2.25. The molecule has 2 rings (SSSR count). The van der Waals surface area contributed by atoms with Crippen molar-refractivity contribution in [2.24, 2.45) is 0 Å². The van der Waals surface area contributed by atoms with Gasteiger partial charge in [-0.25, -0.2) is 9.59 Å². The van der Waals surface area contributed by atoms with Gasteiger partial charge >= 0.3 is 12.2 Å². The Hall–Kier alpha value is -3.39. The van der Waals surface area contributed by atoms with Crippen LogP contribution in [0.2, 0.25) is 0 Å². The third-order valence-corrected chi connectivity index (χ3v) is 5.90. The number of Topliss-reactive ketones (excluding diaryl/α,β-unsaturated/α-hetero) is 1. The fourth-order valence-corrected chi connectivity index (χ4v) is 3.73. The van der Waals surface area contributed by atoms with Gasteiger partial charge in [-0.3, -0.25) is 4.79 Å². The normalized spacial score (nSPS) is 13.2. The molecule has 8 nitrogen and oxygen atoms in total. The molecule has 2 amide bonds. The summed E-state index contributed by atoms with van der Waals surface area (Å²) in [6.07, 6.45) is 1.02.